The number of unbranched alkanes of at least 4 members (excludes halogenated alkanes) is 1. The van der Waals surface area contributed by atoms with Crippen LogP contribution in [0.5, 0.6) is 0 Å². The lowest BCUT2D eigenvalue weighted by Crippen LogP contribution is -2.51. The third-order valence-corrected chi connectivity index (χ3v) is 3.99. The van der Waals surface area contributed by atoms with Crippen LogP contribution in [0, 0.1) is 5.92 Å². The number of likely N-dealkylation sites (tertiary alicyclic amines) is 1. The van der Waals surface area contributed by atoms with Gasteiger partial charge in [0.1, 0.15) is 0 Å². The average Bonchev–Trinajstić information content (AvgIpc) is 2.38. The SMILES string of the molecule is CCCCNC(=O)C(C)N1CCCC(C(C)N)C1. The van der Waals surface area contributed by atoms with Gasteiger partial charge in [0, 0.05) is 19.1 Å². The van der Waals surface area contributed by atoms with Crippen molar-refractivity contribution in [3.8, 4) is 0 Å². The highest BCUT2D eigenvalue weighted by Gasteiger charge is 2.28. The Balaban J connectivity index is 2.40. The van der Waals surface area contributed by atoms with E-state index in [2.05, 4.69) is 24.1 Å². The third kappa shape index (κ3) is 4.58. The Morgan fingerprint density at radius 2 is 2.22 bits per heavy atom. The second-order valence-electron chi connectivity index (χ2n) is 5.58. The summed E-state index contributed by atoms with van der Waals surface area (Å²) in [6.07, 6.45) is 4.52. The molecule has 18 heavy (non-hydrogen) atoms. The number of rotatable bonds is 6. The van der Waals surface area contributed by atoms with E-state index in [1.807, 2.05) is 6.92 Å². The van der Waals surface area contributed by atoms with Crippen molar-refractivity contribution in [2.45, 2.75) is 58.5 Å². The van der Waals surface area contributed by atoms with Gasteiger partial charge in [0.2, 0.25) is 5.91 Å². The van der Waals surface area contributed by atoms with Crippen molar-refractivity contribution in [3.63, 3.8) is 0 Å². The first-order valence-electron chi connectivity index (χ1n) is 7.33. The van der Waals surface area contributed by atoms with E-state index in [0.717, 1.165) is 38.9 Å². The Bertz CT molecular complexity index is 255. The fraction of sp³-hybridized carbons (Fsp3) is 0.929. The Morgan fingerprint density at radius 3 is 2.83 bits per heavy atom. The summed E-state index contributed by atoms with van der Waals surface area (Å²) in [5.41, 5.74) is 5.98. The molecule has 1 fully saturated rings. The fourth-order valence-corrected chi connectivity index (χ4v) is 2.52. The Labute approximate surface area is 111 Å². The van der Waals surface area contributed by atoms with Crippen molar-refractivity contribution < 1.29 is 4.79 Å². The average molecular weight is 255 g/mol. The van der Waals surface area contributed by atoms with Crippen molar-refractivity contribution in [1.82, 2.24) is 10.2 Å². The molecule has 3 N–H and O–H groups in total. The first-order chi connectivity index (χ1) is 8.56. The molecule has 1 aliphatic heterocycles. The second-order valence-corrected chi connectivity index (χ2v) is 5.58. The highest BCUT2D eigenvalue weighted by atomic mass is 16.2. The highest BCUT2D eigenvalue weighted by molar-refractivity contribution is 5.81. The zero-order chi connectivity index (χ0) is 13.5. The summed E-state index contributed by atoms with van der Waals surface area (Å²) in [5.74, 6) is 0.693. The molecule has 3 atom stereocenters. The van der Waals surface area contributed by atoms with Crippen LogP contribution in [0.3, 0.4) is 0 Å². The van der Waals surface area contributed by atoms with Crippen LogP contribution in [0.2, 0.25) is 0 Å². The Hall–Kier alpha value is -0.610. The van der Waals surface area contributed by atoms with Crippen LogP contribution in [0.25, 0.3) is 0 Å². The molecule has 0 bridgehead atoms. The first kappa shape index (κ1) is 15.4. The summed E-state index contributed by atoms with van der Waals surface area (Å²) in [6, 6.07) is 0.201. The lowest BCUT2D eigenvalue weighted by atomic mass is 9.91. The Kier molecular flexibility index (Phi) is 6.65. The minimum Gasteiger partial charge on any atom is -0.355 e. The number of hydrogen-bond acceptors (Lipinski definition) is 3. The van der Waals surface area contributed by atoms with Crippen molar-refractivity contribution in [1.29, 1.82) is 0 Å². The van der Waals surface area contributed by atoms with Gasteiger partial charge in [0.25, 0.3) is 0 Å². The predicted octanol–water partition coefficient (Wildman–Crippen LogP) is 1.35. The molecule has 1 saturated heterocycles. The maximum Gasteiger partial charge on any atom is 0.237 e. The molecule has 0 aliphatic carbocycles. The zero-order valence-electron chi connectivity index (χ0n) is 12.1. The summed E-state index contributed by atoms with van der Waals surface area (Å²) in [6.45, 7) is 8.98. The maximum absolute atomic E-state index is 12.0. The molecule has 3 unspecified atom stereocenters. The number of carbonyl (C=O) groups is 1. The van der Waals surface area contributed by atoms with Gasteiger partial charge in [-0.25, -0.2) is 0 Å². The van der Waals surface area contributed by atoms with Crippen LogP contribution in [0.4, 0.5) is 0 Å². The molecule has 0 spiro atoms. The van der Waals surface area contributed by atoms with Crippen LogP contribution >= 0.6 is 0 Å². The zero-order valence-corrected chi connectivity index (χ0v) is 12.1. The number of hydrogen-bond donors (Lipinski definition) is 2. The molecule has 0 radical (unpaired) electrons. The molecular weight excluding hydrogens is 226 g/mol. The molecule has 0 aromatic rings. The van der Waals surface area contributed by atoms with E-state index < -0.39 is 0 Å². The van der Waals surface area contributed by atoms with E-state index in [9.17, 15) is 4.79 Å². The van der Waals surface area contributed by atoms with Crippen LogP contribution in [0.15, 0.2) is 0 Å². The van der Waals surface area contributed by atoms with Crippen molar-refractivity contribution in [3.05, 3.63) is 0 Å². The minimum absolute atomic E-state index is 0.0246. The van der Waals surface area contributed by atoms with E-state index in [4.69, 9.17) is 5.73 Å². The summed E-state index contributed by atoms with van der Waals surface area (Å²) in [7, 11) is 0. The third-order valence-electron chi connectivity index (χ3n) is 3.99. The quantitative estimate of drug-likeness (QED) is 0.704. The number of nitrogens with one attached hydrogen (secondary N) is 1. The smallest absolute Gasteiger partial charge is 0.237 e. The summed E-state index contributed by atoms with van der Waals surface area (Å²) in [4.78, 5) is 14.3. The first-order valence-corrected chi connectivity index (χ1v) is 7.33. The lowest BCUT2D eigenvalue weighted by Gasteiger charge is -2.37. The van der Waals surface area contributed by atoms with Crippen molar-refractivity contribution in [2.24, 2.45) is 11.7 Å². The normalized spacial score (nSPS) is 24.6. The van der Waals surface area contributed by atoms with E-state index in [1.54, 1.807) is 0 Å². The fourth-order valence-electron chi connectivity index (χ4n) is 2.52. The standard InChI is InChI=1S/C14H29N3O/c1-4-5-8-16-14(18)12(3)17-9-6-7-13(10-17)11(2)15/h11-13H,4-10,15H2,1-3H3,(H,16,18). The number of piperidine rings is 1. The molecule has 1 aliphatic rings. The second kappa shape index (κ2) is 7.74. The minimum atomic E-state index is -0.0246. The van der Waals surface area contributed by atoms with Crippen molar-refractivity contribution >= 4 is 5.91 Å². The monoisotopic (exact) mass is 255 g/mol. The van der Waals surface area contributed by atoms with E-state index >= 15 is 0 Å². The van der Waals surface area contributed by atoms with E-state index in [1.165, 1.54) is 6.42 Å². The van der Waals surface area contributed by atoms with Gasteiger partial charge in [-0.05, 0) is 45.6 Å². The lowest BCUT2D eigenvalue weighted by molar-refractivity contribution is -0.126. The molecule has 1 heterocycles. The van der Waals surface area contributed by atoms with Gasteiger partial charge < -0.3 is 11.1 Å². The van der Waals surface area contributed by atoms with E-state index in [-0.39, 0.29) is 18.0 Å². The molecule has 4 nitrogen and oxygen atoms in total. The molecule has 106 valence electrons. The van der Waals surface area contributed by atoms with Gasteiger partial charge in [-0.1, -0.05) is 13.3 Å². The highest BCUT2D eigenvalue weighted by Crippen LogP contribution is 2.20. The van der Waals surface area contributed by atoms with Crippen LogP contribution in [-0.2, 0) is 4.79 Å². The topological polar surface area (TPSA) is 58.4 Å². The van der Waals surface area contributed by atoms with Gasteiger partial charge in [-0.2, -0.15) is 0 Å². The molecule has 4 heteroatoms. The number of nitrogens with zero attached hydrogens (tertiary/aromatic N) is 1. The molecule has 0 aromatic heterocycles. The van der Waals surface area contributed by atoms with Gasteiger partial charge in [-0.3, -0.25) is 9.69 Å². The largest absolute Gasteiger partial charge is 0.355 e. The number of amides is 1. The Morgan fingerprint density at radius 1 is 1.50 bits per heavy atom. The van der Waals surface area contributed by atoms with Crippen LogP contribution < -0.4 is 11.1 Å². The summed E-state index contributed by atoms with van der Waals surface area (Å²) in [5, 5.41) is 3.01. The van der Waals surface area contributed by atoms with Gasteiger partial charge in [-0.15, -0.1) is 0 Å². The van der Waals surface area contributed by atoms with Gasteiger partial charge in [0.05, 0.1) is 6.04 Å². The summed E-state index contributed by atoms with van der Waals surface area (Å²) >= 11 is 0. The summed E-state index contributed by atoms with van der Waals surface area (Å²) < 4.78 is 0. The van der Waals surface area contributed by atoms with Crippen LogP contribution in [0.1, 0.15) is 46.5 Å². The molecule has 0 aromatic carbocycles. The van der Waals surface area contributed by atoms with Crippen molar-refractivity contribution in [2.75, 3.05) is 19.6 Å². The molecular formula is C14H29N3O. The van der Waals surface area contributed by atoms with Crippen LogP contribution in [-0.4, -0.2) is 42.5 Å². The molecule has 0 saturated carbocycles. The molecule has 1 rings (SSSR count). The molecule has 1 amide bonds. The maximum atomic E-state index is 12.0. The number of nitrogens with two attached hydrogens (primary N) is 1. The number of carbonyl (C=O) groups excluding carboxylic acids is 1. The van der Waals surface area contributed by atoms with Gasteiger partial charge in [0.15, 0.2) is 0 Å². The van der Waals surface area contributed by atoms with Gasteiger partial charge >= 0.3 is 0 Å². The van der Waals surface area contributed by atoms with E-state index in [0.29, 0.717) is 5.92 Å². The predicted molar refractivity (Wildman–Crippen MR) is 75.3 cm³/mol.